The molecule has 2 fully saturated rings. The topological polar surface area (TPSA) is 82.7 Å². The molecule has 158 valence electrons. The van der Waals surface area contributed by atoms with E-state index in [1.807, 2.05) is 49.1 Å². The quantitative estimate of drug-likeness (QED) is 0.782. The van der Waals surface area contributed by atoms with Crippen LogP contribution in [-0.2, 0) is 4.74 Å². The summed E-state index contributed by atoms with van der Waals surface area (Å²) in [6.07, 6.45) is 1.11. The third-order valence-electron chi connectivity index (χ3n) is 6.24. The Hall–Kier alpha value is -3.09. The molecule has 7 heteroatoms. The van der Waals surface area contributed by atoms with Gasteiger partial charge in [-0.1, -0.05) is 30.3 Å². The highest BCUT2D eigenvalue weighted by Crippen LogP contribution is 2.33. The molecule has 7 nitrogen and oxygen atoms in total. The van der Waals surface area contributed by atoms with Gasteiger partial charge in [0.05, 0.1) is 6.04 Å². The zero-order valence-corrected chi connectivity index (χ0v) is 17.6. The van der Waals surface area contributed by atoms with Crippen molar-refractivity contribution in [1.29, 1.82) is 0 Å². The molecule has 1 atom stereocenters. The van der Waals surface area contributed by atoms with E-state index in [2.05, 4.69) is 4.98 Å². The minimum Gasteiger partial charge on any atom is -0.447 e. The first-order valence-electron chi connectivity index (χ1n) is 10.4. The molecule has 1 unspecified atom stereocenters. The molecule has 1 N–H and O–H groups in total. The fourth-order valence-electron chi connectivity index (χ4n) is 4.77. The highest BCUT2D eigenvalue weighted by atomic mass is 16.6. The minimum absolute atomic E-state index is 0.0357. The molecular formula is C23H27N3O4. The van der Waals surface area contributed by atoms with Crippen molar-refractivity contribution in [2.75, 3.05) is 19.7 Å². The summed E-state index contributed by atoms with van der Waals surface area (Å²) in [6, 6.07) is 9.87. The number of cyclic esters (lactones) is 1. The first-order chi connectivity index (χ1) is 14.4. The standard InChI is InChI=1S/C23H27N3O4/c1-14-20(16(3)27)15(2)24-21(14)22(28)25-11-9-18(10-12-25)26-19(13-30-23(26)29)17-7-5-4-6-8-17/h4-8,18-19,24H,9-13H2,1-3H3. The van der Waals surface area contributed by atoms with Crippen molar-refractivity contribution < 1.29 is 19.1 Å². The molecule has 0 aliphatic carbocycles. The van der Waals surface area contributed by atoms with Gasteiger partial charge < -0.3 is 14.6 Å². The highest BCUT2D eigenvalue weighted by molar-refractivity contribution is 6.02. The van der Waals surface area contributed by atoms with Gasteiger partial charge in [0.1, 0.15) is 12.3 Å². The zero-order valence-electron chi connectivity index (χ0n) is 17.6. The number of carbonyl (C=O) groups excluding carboxylic acids is 3. The third-order valence-corrected chi connectivity index (χ3v) is 6.24. The number of ketones is 1. The lowest BCUT2D eigenvalue weighted by Gasteiger charge is -2.37. The highest BCUT2D eigenvalue weighted by Gasteiger charge is 2.40. The second-order valence-corrected chi connectivity index (χ2v) is 8.12. The van der Waals surface area contributed by atoms with Crippen LogP contribution in [0.4, 0.5) is 4.79 Å². The van der Waals surface area contributed by atoms with E-state index in [0.717, 1.165) is 11.3 Å². The molecule has 1 aromatic carbocycles. The molecular weight excluding hydrogens is 382 g/mol. The van der Waals surface area contributed by atoms with Crippen LogP contribution in [0.5, 0.6) is 0 Å². The number of hydrogen-bond donors (Lipinski definition) is 1. The second-order valence-electron chi connectivity index (χ2n) is 8.12. The molecule has 2 aliphatic rings. The van der Waals surface area contributed by atoms with Gasteiger partial charge in [-0.2, -0.15) is 0 Å². The summed E-state index contributed by atoms with van der Waals surface area (Å²) in [4.78, 5) is 44.1. The lowest BCUT2D eigenvalue weighted by atomic mass is 9.98. The van der Waals surface area contributed by atoms with Crippen molar-refractivity contribution in [3.05, 3.63) is 58.4 Å². The molecule has 2 amide bonds. The molecule has 4 rings (SSSR count). The van der Waals surface area contributed by atoms with Gasteiger partial charge in [-0.25, -0.2) is 4.79 Å². The molecule has 0 radical (unpaired) electrons. The van der Waals surface area contributed by atoms with Gasteiger partial charge in [-0.15, -0.1) is 0 Å². The molecule has 30 heavy (non-hydrogen) atoms. The third kappa shape index (κ3) is 3.49. The maximum Gasteiger partial charge on any atom is 0.410 e. The Bertz CT molecular complexity index is 974. The molecule has 0 saturated carbocycles. The number of aromatic amines is 1. The Morgan fingerprint density at radius 1 is 1.10 bits per heavy atom. The summed E-state index contributed by atoms with van der Waals surface area (Å²) < 4.78 is 5.35. The molecule has 1 aromatic heterocycles. The Morgan fingerprint density at radius 2 is 1.77 bits per heavy atom. The number of rotatable bonds is 4. The first-order valence-corrected chi connectivity index (χ1v) is 10.4. The summed E-state index contributed by atoms with van der Waals surface area (Å²) in [5.41, 5.74) is 3.58. The van der Waals surface area contributed by atoms with E-state index in [1.165, 1.54) is 6.92 Å². The van der Waals surface area contributed by atoms with Crippen LogP contribution in [0.25, 0.3) is 0 Å². The maximum absolute atomic E-state index is 13.1. The number of carbonyl (C=O) groups is 3. The number of hydrogen-bond acceptors (Lipinski definition) is 4. The number of amides is 2. The van der Waals surface area contributed by atoms with E-state index in [9.17, 15) is 14.4 Å². The molecule has 3 heterocycles. The second kappa shape index (κ2) is 7.97. The summed E-state index contributed by atoms with van der Waals surface area (Å²) in [7, 11) is 0. The predicted octanol–water partition coefficient (Wildman–Crippen LogP) is 3.63. The SMILES string of the molecule is CC(=O)c1c(C)[nH]c(C(=O)N2CCC(N3C(=O)OCC3c3ccccc3)CC2)c1C. The van der Waals surface area contributed by atoms with Crippen molar-refractivity contribution >= 4 is 17.8 Å². The van der Waals surface area contributed by atoms with Gasteiger partial charge in [0.25, 0.3) is 5.91 Å². The molecule has 2 aliphatic heterocycles. The van der Waals surface area contributed by atoms with Crippen molar-refractivity contribution in [2.45, 2.75) is 45.7 Å². The number of Topliss-reactive ketones (excluding diaryl/α,β-unsaturated/α-hetero) is 1. The van der Waals surface area contributed by atoms with Crippen LogP contribution >= 0.6 is 0 Å². The Labute approximate surface area is 176 Å². The Balaban J connectivity index is 1.46. The van der Waals surface area contributed by atoms with Gasteiger partial charge in [0.15, 0.2) is 5.78 Å². The normalized spacial score (nSPS) is 19.8. The van der Waals surface area contributed by atoms with E-state index in [4.69, 9.17) is 4.74 Å². The summed E-state index contributed by atoms with van der Waals surface area (Å²) >= 11 is 0. The number of H-pyrrole nitrogens is 1. The largest absolute Gasteiger partial charge is 0.447 e. The molecule has 0 spiro atoms. The number of ether oxygens (including phenoxy) is 1. The summed E-state index contributed by atoms with van der Waals surface area (Å²) in [5, 5.41) is 0. The Kier molecular flexibility index (Phi) is 5.37. The lowest BCUT2D eigenvalue weighted by Crippen LogP contribution is -2.48. The minimum atomic E-state index is -0.282. The number of nitrogens with zero attached hydrogens (tertiary/aromatic N) is 2. The van der Waals surface area contributed by atoms with E-state index in [-0.39, 0.29) is 29.9 Å². The van der Waals surface area contributed by atoms with Crippen LogP contribution in [0, 0.1) is 13.8 Å². The van der Waals surface area contributed by atoms with Crippen LogP contribution in [0.2, 0.25) is 0 Å². The number of likely N-dealkylation sites (tertiary alicyclic amines) is 1. The smallest absolute Gasteiger partial charge is 0.410 e. The van der Waals surface area contributed by atoms with E-state index >= 15 is 0 Å². The van der Waals surface area contributed by atoms with Gasteiger partial charge in [0.2, 0.25) is 0 Å². The van der Waals surface area contributed by atoms with Crippen LogP contribution in [0.1, 0.15) is 63.5 Å². The van der Waals surface area contributed by atoms with Crippen LogP contribution in [-0.4, -0.2) is 58.3 Å². The molecule has 2 aromatic rings. The average Bonchev–Trinajstić information content (AvgIpc) is 3.27. The average molecular weight is 409 g/mol. The van der Waals surface area contributed by atoms with E-state index < -0.39 is 0 Å². The van der Waals surface area contributed by atoms with E-state index in [1.54, 1.807) is 4.90 Å². The van der Waals surface area contributed by atoms with Crippen LogP contribution in [0.3, 0.4) is 0 Å². The lowest BCUT2D eigenvalue weighted by molar-refractivity contribution is 0.0630. The van der Waals surface area contributed by atoms with Gasteiger partial charge in [0, 0.05) is 30.4 Å². The van der Waals surface area contributed by atoms with Crippen molar-refractivity contribution in [3.63, 3.8) is 0 Å². The summed E-state index contributed by atoms with van der Waals surface area (Å²) in [6.45, 7) is 6.61. The first kappa shape index (κ1) is 20.2. The van der Waals surface area contributed by atoms with Crippen LogP contribution in [0.15, 0.2) is 30.3 Å². The number of aryl methyl sites for hydroxylation is 1. The summed E-state index contributed by atoms with van der Waals surface area (Å²) in [5.74, 6) is -0.135. The number of benzene rings is 1. The van der Waals surface area contributed by atoms with Gasteiger partial charge in [-0.05, 0) is 44.7 Å². The van der Waals surface area contributed by atoms with Gasteiger partial charge in [-0.3, -0.25) is 14.5 Å². The Morgan fingerprint density at radius 3 is 2.37 bits per heavy atom. The fraction of sp³-hybridized carbons (Fsp3) is 0.435. The number of piperidine rings is 1. The predicted molar refractivity (Wildman–Crippen MR) is 112 cm³/mol. The van der Waals surface area contributed by atoms with Crippen LogP contribution < -0.4 is 0 Å². The number of nitrogens with one attached hydrogen (secondary N) is 1. The molecule has 0 bridgehead atoms. The van der Waals surface area contributed by atoms with Gasteiger partial charge >= 0.3 is 6.09 Å². The van der Waals surface area contributed by atoms with Crippen molar-refractivity contribution in [1.82, 2.24) is 14.8 Å². The zero-order chi connectivity index (χ0) is 21.4. The fourth-order valence-corrected chi connectivity index (χ4v) is 4.77. The van der Waals surface area contributed by atoms with E-state index in [0.29, 0.717) is 49.4 Å². The molecule has 2 saturated heterocycles. The monoisotopic (exact) mass is 409 g/mol. The van der Waals surface area contributed by atoms with Crippen molar-refractivity contribution in [2.24, 2.45) is 0 Å². The maximum atomic E-state index is 13.1. The number of aromatic nitrogens is 1. The van der Waals surface area contributed by atoms with Crippen molar-refractivity contribution in [3.8, 4) is 0 Å².